The number of amides is 1. The van der Waals surface area contributed by atoms with E-state index in [-0.39, 0.29) is 18.3 Å². The summed E-state index contributed by atoms with van der Waals surface area (Å²) in [6.45, 7) is 2.96. The van der Waals surface area contributed by atoms with Gasteiger partial charge in [0.2, 0.25) is 5.91 Å². The van der Waals surface area contributed by atoms with Crippen LogP contribution in [0.1, 0.15) is 31.2 Å². The summed E-state index contributed by atoms with van der Waals surface area (Å²) in [4.78, 5) is 12.0. The number of carbonyl (C=O) groups excluding carboxylic acids is 1. The van der Waals surface area contributed by atoms with Crippen LogP contribution in [0.25, 0.3) is 0 Å². The average molecular weight is 299 g/mol. The fourth-order valence-electron chi connectivity index (χ4n) is 2.45. The molecule has 4 nitrogen and oxygen atoms in total. The van der Waals surface area contributed by atoms with Crippen molar-refractivity contribution >= 4 is 18.3 Å². The van der Waals surface area contributed by atoms with Crippen molar-refractivity contribution in [2.24, 2.45) is 5.73 Å². The van der Waals surface area contributed by atoms with Gasteiger partial charge in [0.15, 0.2) is 0 Å². The highest BCUT2D eigenvalue weighted by molar-refractivity contribution is 5.86. The number of hydrogen-bond acceptors (Lipinski definition) is 3. The molecule has 1 aromatic carbocycles. The van der Waals surface area contributed by atoms with E-state index in [1.165, 1.54) is 0 Å². The van der Waals surface area contributed by atoms with E-state index in [9.17, 15) is 4.79 Å². The van der Waals surface area contributed by atoms with Crippen LogP contribution < -0.4 is 15.8 Å². The van der Waals surface area contributed by atoms with E-state index in [0.29, 0.717) is 13.2 Å². The summed E-state index contributed by atoms with van der Waals surface area (Å²) in [5, 5.41) is 2.87. The Kier molecular flexibility index (Phi) is 6.30. The fraction of sp³-hybridized carbons (Fsp3) is 0.533. The average Bonchev–Trinajstić information content (AvgIpc) is 2.84. The first-order valence-corrected chi connectivity index (χ1v) is 6.87. The Morgan fingerprint density at radius 3 is 2.65 bits per heavy atom. The van der Waals surface area contributed by atoms with Gasteiger partial charge < -0.3 is 15.8 Å². The van der Waals surface area contributed by atoms with E-state index in [1.54, 1.807) is 0 Å². The van der Waals surface area contributed by atoms with Gasteiger partial charge in [-0.15, -0.1) is 12.4 Å². The summed E-state index contributed by atoms with van der Waals surface area (Å²) in [6, 6.07) is 7.84. The van der Waals surface area contributed by atoms with Gasteiger partial charge in [0.05, 0.1) is 12.1 Å². The molecule has 0 saturated heterocycles. The molecule has 1 aliphatic rings. The summed E-state index contributed by atoms with van der Waals surface area (Å²) in [5.41, 5.74) is 6.51. The summed E-state index contributed by atoms with van der Waals surface area (Å²) in [5.74, 6) is 0.818. The number of rotatable bonds is 5. The van der Waals surface area contributed by atoms with Crippen molar-refractivity contribution in [1.29, 1.82) is 0 Å². The maximum absolute atomic E-state index is 12.0. The van der Waals surface area contributed by atoms with Crippen molar-refractivity contribution in [3.8, 4) is 5.75 Å². The third-order valence-corrected chi connectivity index (χ3v) is 3.69. The first-order valence-electron chi connectivity index (χ1n) is 6.87. The number of hydrogen-bond donors (Lipinski definition) is 2. The van der Waals surface area contributed by atoms with Gasteiger partial charge in [-0.1, -0.05) is 31.0 Å². The number of para-hydroxylation sites is 1. The quantitative estimate of drug-likeness (QED) is 0.819. The lowest BCUT2D eigenvalue weighted by Gasteiger charge is -2.22. The van der Waals surface area contributed by atoms with Gasteiger partial charge in [0.1, 0.15) is 12.4 Å². The van der Waals surface area contributed by atoms with Gasteiger partial charge >= 0.3 is 0 Å². The number of halogens is 1. The Morgan fingerprint density at radius 2 is 2.00 bits per heavy atom. The third-order valence-electron chi connectivity index (χ3n) is 3.69. The number of nitrogens with two attached hydrogens (primary N) is 1. The minimum Gasteiger partial charge on any atom is -0.491 e. The molecule has 5 heteroatoms. The van der Waals surface area contributed by atoms with Crippen molar-refractivity contribution in [3.05, 3.63) is 29.8 Å². The second kappa shape index (κ2) is 7.50. The van der Waals surface area contributed by atoms with Crippen LogP contribution in [-0.4, -0.2) is 24.6 Å². The van der Waals surface area contributed by atoms with Gasteiger partial charge in [0, 0.05) is 0 Å². The van der Waals surface area contributed by atoms with Crippen molar-refractivity contribution < 1.29 is 9.53 Å². The SMILES string of the molecule is Cc1ccccc1OCCNC(=O)C1(N)CCCC1.Cl. The van der Waals surface area contributed by atoms with E-state index in [0.717, 1.165) is 37.0 Å². The van der Waals surface area contributed by atoms with Crippen molar-refractivity contribution in [1.82, 2.24) is 5.32 Å². The molecular formula is C15H23ClN2O2. The smallest absolute Gasteiger partial charge is 0.240 e. The van der Waals surface area contributed by atoms with Crippen LogP contribution in [0.15, 0.2) is 24.3 Å². The normalized spacial score (nSPS) is 16.3. The van der Waals surface area contributed by atoms with Crippen LogP contribution in [0.3, 0.4) is 0 Å². The standard InChI is InChI=1S/C15H22N2O2.ClH/c1-12-6-2-3-7-13(12)19-11-10-17-14(18)15(16)8-4-5-9-15;/h2-3,6-7H,4-5,8-11,16H2,1H3,(H,17,18);1H. The predicted molar refractivity (Wildman–Crippen MR) is 82.3 cm³/mol. The first kappa shape index (κ1) is 16.8. The highest BCUT2D eigenvalue weighted by Gasteiger charge is 2.36. The number of carbonyl (C=O) groups is 1. The molecule has 1 aliphatic carbocycles. The molecule has 2 rings (SSSR count). The van der Waals surface area contributed by atoms with E-state index in [2.05, 4.69) is 5.32 Å². The molecule has 3 N–H and O–H groups in total. The molecule has 0 heterocycles. The highest BCUT2D eigenvalue weighted by atomic mass is 35.5. The van der Waals surface area contributed by atoms with E-state index in [1.807, 2.05) is 31.2 Å². The van der Waals surface area contributed by atoms with E-state index >= 15 is 0 Å². The lowest BCUT2D eigenvalue weighted by molar-refractivity contribution is -0.126. The Balaban J connectivity index is 0.00000200. The molecule has 1 saturated carbocycles. The molecular weight excluding hydrogens is 276 g/mol. The minimum atomic E-state index is -0.650. The molecule has 0 radical (unpaired) electrons. The van der Waals surface area contributed by atoms with Crippen LogP contribution in [-0.2, 0) is 4.79 Å². The molecule has 0 aliphatic heterocycles. The largest absolute Gasteiger partial charge is 0.491 e. The molecule has 0 aromatic heterocycles. The maximum atomic E-state index is 12.0. The number of benzene rings is 1. The first-order chi connectivity index (χ1) is 9.12. The summed E-state index contributed by atoms with van der Waals surface area (Å²) in [6.07, 6.45) is 3.67. The van der Waals surface area contributed by atoms with E-state index < -0.39 is 5.54 Å². The minimum absolute atomic E-state index is 0. The Hall–Kier alpha value is -1.26. The van der Waals surface area contributed by atoms with Gasteiger partial charge in [-0.2, -0.15) is 0 Å². The molecule has 1 aromatic rings. The van der Waals surface area contributed by atoms with Crippen molar-refractivity contribution in [2.75, 3.05) is 13.2 Å². The summed E-state index contributed by atoms with van der Waals surface area (Å²) >= 11 is 0. The second-order valence-corrected chi connectivity index (χ2v) is 5.23. The molecule has 20 heavy (non-hydrogen) atoms. The van der Waals surface area contributed by atoms with Crippen LogP contribution in [0.2, 0.25) is 0 Å². The zero-order chi connectivity index (χ0) is 13.7. The third kappa shape index (κ3) is 4.12. The van der Waals surface area contributed by atoms with Crippen molar-refractivity contribution in [2.45, 2.75) is 38.1 Å². The number of nitrogens with one attached hydrogen (secondary N) is 1. The van der Waals surface area contributed by atoms with E-state index in [4.69, 9.17) is 10.5 Å². The highest BCUT2D eigenvalue weighted by Crippen LogP contribution is 2.27. The monoisotopic (exact) mass is 298 g/mol. The molecule has 112 valence electrons. The maximum Gasteiger partial charge on any atom is 0.240 e. The van der Waals surface area contributed by atoms with Gasteiger partial charge in [-0.25, -0.2) is 0 Å². The zero-order valence-electron chi connectivity index (χ0n) is 11.9. The lowest BCUT2D eigenvalue weighted by atomic mass is 9.98. The molecule has 1 fully saturated rings. The molecule has 0 spiro atoms. The fourth-order valence-corrected chi connectivity index (χ4v) is 2.45. The Labute approximate surface area is 126 Å². The van der Waals surface area contributed by atoms with Crippen LogP contribution in [0, 0.1) is 6.92 Å². The molecule has 0 unspecified atom stereocenters. The summed E-state index contributed by atoms with van der Waals surface area (Å²) in [7, 11) is 0. The lowest BCUT2D eigenvalue weighted by Crippen LogP contribution is -2.52. The molecule has 0 atom stereocenters. The Morgan fingerprint density at radius 1 is 1.35 bits per heavy atom. The van der Waals surface area contributed by atoms with Gasteiger partial charge in [0.25, 0.3) is 0 Å². The second-order valence-electron chi connectivity index (χ2n) is 5.23. The Bertz CT molecular complexity index is 445. The van der Waals surface area contributed by atoms with Crippen molar-refractivity contribution in [3.63, 3.8) is 0 Å². The zero-order valence-corrected chi connectivity index (χ0v) is 12.7. The summed E-state index contributed by atoms with van der Waals surface area (Å²) < 4.78 is 5.63. The van der Waals surface area contributed by atoms with Crippen LogP contribution >= 0.6 is 12.4 Å². The number of ether oxygens (including phenoxy) is 1. The van der Waals surface area contributed by atoms with Crippen LogP contribution in [0.4, 0.5) is 0 Å². The predicted octanol–water partition coefficient (Wildman–Crippen LogP) is 2.18. The van der Waals surface area contributed by atoms with Crippen LogP contribution in [0.5, 0.6) is 5.75 Å². The van der Waals surface area contributed by atoms with Gasteiger partial charge in [-0.05, 0) is 31.4 Å². The topological polar surface area (TPSA) is 64.3 Å². The molecule has 0 bridgehead atoms. The molecule has 1 amide bonds. The van der Waals surface area contributed by atoms with Gasteiger partial charge in [-0.3, -0.25) is 4.79 Å². The number of aryl methyl sites for hydroxylation is 1.